The van der Waals surface area contributed by atoms with Crippen LogP contribution in [-0.4, -0.2) is 41.7 Å². The molecule has 4 heteroatoms. The van der Waals surface area contributed by atoms with Gasteiger partial charge in [0.1, 0.15) is 0 Å². The molecule has 0 aromatic heterocycles. The number of hydrogen-bond acceptors (Lipinski definition) is 3. The molecule has 17 heavy (non-hydrogen) atoms. The number of hydrogen-bond donors (Lipinski definition) is 2. The Morgan fingerprint density at radius 1 is 1.41 bits per heavy atom. The third-order valence-electron chi connectivity index (χ3n) is 3.42. The Balaban J connectivity index is 2.36. The van der Waals surface area contributed by atoms with E-state index in [1.807, 2.05) is 4.90 Å². The van der Waals surface area contributed by atoms with Gasteiger partial charge in [0.15, 0.2) is 0 Å². The lowest BCUT2D eigenvalue weighted by atomic mass is 9.93. The van der Waals surface area contributed by atoms with Crippen LogP contribution < -0.4 is 5.73 Å². The van der Waals surface area contributed by atoms with Crippen molar-refractivity contribution in [2.45, 2.75) is 45.6 Å². The minimum atomic E-state index is -0.222. The van der Waals surface area contributed by atoms with E-state index in [0.29, 0.717) is 50.7 Å². The summed E-state index contributed by atoms with van der Waals surface area (Å²) < 4.78 is 0. The first-order valence-electron chi connectivity index (χ1n) is 6.68. The fourth-order valence-electron chi connectivity index (χ4n) is 2.42. The van der Waals surface area contributed by atoms with Gasteiger partial charge in [-0.05, 0) is 37.6 Å². The quantitative estimate of drug-likeness (QED) is 0.755. The number of rotatable bonds is 5. The van der Waals surface area contributed by atoms with Crippen LogP contribution >= 0.6 is 0 Å². The summed E-state index contributed by atoms with van der Waals surface area (Å²) in [5.41, 5.74) is 5.71. The molecule has 1 amide bonds. The molecule has 1 unspecified atom stereocenters. The highest BCUT2D eigenvalue weighted by molar-refractivity contribution is 5.76. The van der Waals surface area contributed by atoms with E-state index >= 15 is 0 Å². The van der Waals surface area contributed by atoms with Gasteiger partial charge in [-0.3, -0.25) is 4.79 Å². The van der Waals surface area contributed by atoms with Gasteiger partial charge in [0.05, 0.1) is 6.10 Å². The highest BCUT2D eigenvalue weighted by Crippen LogP contribution is 2.18. The lowest BCUT2D eigenvalue weighted by molar-refractivity contribution is -0.134. The van der Waals surface area contributed by atoms with Gasteiger partial charge < -0.3 is 15.7 Å². The van der Waals surface area contributed by atoms with Crippen LogP contribution in [0.1, 0.15) is 39.5 Å². The predicted molar refractivity (Wildman–Crippen MR) is 68.4 cm³/mol. The van der Waals surface area contributed by atoms with Crippen LogP contribution in [0.3, 0.4) is 0 Å². The zero-order valence-corrected chi connectivity index (χ0v) is 11.1. The van der Waals surface area contributed by atoms with E-state index in [4.69, 9.17) is 5.73 Å². The van der Waals surface area contributed by atoms with Crippen molar-refractivity contribution >= 4 is 5.91 Å². The Kier molecular flexibility index (Phi) is 5.92. The second-order valence-electron chi connectivity index (χ2n) is 5.55. The molecule has 0 spiro atoms. The molecule has 1 heterocycles. The fraction of sp³-hybridized carbons (Fsp3) is 0.923. The van der Waals surface area contributed by atoms with E-state index in [2.05, 4.69) is 13.8 Å². The molecule has 3 N–H and O–H groups in total. The molecule has 0 aromatic rings. The maximum absolute atomic E-state index is 12.0. The molecule has 1 aliphatic heterocycles. The Labute approximate surface area is 104 Å². The highest BCUT2D eigenvalue weighted by Gasteiger charge is 2.23. The monoisotopic (exact) mass is 242 g/mol. The Hall–Kier alpha value is -0.610. The maximum Gasteiger partial charge on any atom is 0.222 e. The van der Waals surface area contributed by atoms with Crippen molar-refractivity contribution in [3.63, 3.8) is 0 Å². The van der Waals surface area contributed by atoms with Gasteiger partial charge in [0, 0.05) is 19.5 Å². The number of likely N-dealkylation sites (tertiary alicyclic amines) is 1. The summed E-state index contributed by atoms with van der Waals surface area (Å²) in [7, 11) is 0. The van der Waals surface area contributed by atoms with Crippen molar-refractivity contribution in [3.8, 4) is 0 Å². The topological polar surface area (TPSA) is 66.6 Å². The number of nitrogens with two attached hydrogens (primary N) is 1. The van der Waals surface area contributed by atoms with Crippen molar-refractivity contribution in [2.75, 3.05) is 19.6 Å². The fourth-order valence-corrected chi connectivity index (χ4v) is 2.42. The summed E-state index contributed by atoms with van der Waals surface area (Å²) in [6.07, 6.45) is 2.77. The van der Waals surface area contributed by atoms with Crippen molar-refractivity contribution < 1.29 is 9.90 Å². The molecule has 1 fully saturated rings. The first-order valence-corrected chi connectivity index (χ1v) is 6.68. The number of aliphatic hydroxyl groups excluding tert-OH is 1. The molecule has 1 aliphatic rings. The van der Waals surface area contributed by atoms with Gasteiger partial charge in [0.2, 0.25) is 5.91 Å². The van der Waals surface area contributed by atoms with Gasteiger partial charge >= 0.3 is 0 Å². The van der Waals surface area contributed by atoms with Crippen molar-refractivity contribution in [1.29, 1.82) is 0 Å². The van der Waals surface area contributed by atoms with Gasteiger partial charge in [-0.15, -0.1) is 0 Å². The maximum atomic E-state index is 12.0. The summed E-state index contributed by atoms with van der Waals surface area (Å²) in [6.45, 7) is 6.28. The van der Waals surface area contributed by atoms with Gasteiger partial charge in [-0.25, -0.2) is 0 Å². The summed E-state index contributed by atoms with van der Waals surface area (Å²) >= 11 is 0. The molecule has 0 aliphatic carbocycles. The molecule has 0 radical (unpaired) electrons. The van der Waals surface area contributed by atoms with E-state index in [0.717, 1.165) is 6.42 Å². The molecule has 100 valence electrons. The molecule has 4 nitrogen and oxygen atoms in total. The summed E-state index contributed by atoms with van der Waals surface area (Å²) in [4.78, 5) is 13.9. The number of carbonyl (C=O) groups excluding carboxylic acids is 1. The summed E-state index contributed by atoms with van der Waals surface area (Å²) in [6, 6.07) is 0. The number of piperidine rings is 1. The number of nitrogens with zero attached hydrogens (tertiary/aromatic N) is 1. The van der Waals surface area contributed by atoms with Crippen molar-refractivity contribution in [1.82, 2.24) is 4.90 Å². The normalized spacial score (nSPS) is 19.7. The van der Waals surface area contributed by atoms with Crippen LogP contribution in [-0.2, 0) is 4.79 Å². The third-order valence-corrected chi connectivity index (χ3v) is 3.42. The number of amides is 1. The summed E-state index contributed by atoms with van der Waals surface area (Å²) in [5.74, 6) is 1.09. The molecule has 0 aromatic carbocycles. The average Bonchev–Trinajstić information content (AvgIpc) is 2.28. The van der Waals surface area contributed by atoms with Crippen LogP contribution in [0.4, 0.5) is 0 Å². The van der Waals surface area contributed by atoms with E-state index in [9.17, 15) is 9.90 Å². The van der Waals surface area contributed by atoms with Crippen LogP contribution in [0.5, 0.6) is 0 Å². The molecule has 0 saturated carbocycles. The van der Waals surface area contributed by atoms with Gasteiger partial charge in [-0.1, -0.05) is 13.8 Å². The van der Waals surface area contributed by atoms with E-state index < -0.39 is 0 Å². The zero-order valence-electron chi connectivity index (χ0n) is 11.1. The number of aliphatic hydroxyl groups is 1. The van der Waals surface area contributed by atoms with Crippen molar-refractivity contribution in [2.24, 2.45) is 17.6 Å². The molecule has 1 atom stereocenters. The standard InChI is InChI=1S/C13H26N2O2/c1-10(2)7-11(9-14)8-13(17)15-5-3-12(16)4-6-15/h10-12,16H,3-9,14H2,1-2H3. The first kappa shape index (κ1) is 14.5. The molecular weight excluding hydrogens is 216 g/mol. The molecule has 0 bridgehead atoms. The Bertz CT molecular complexity index is 236. The largest absolute Gasteiger partial charge is 0.393 e. The molecule has 1 saturated heterocycles. The van der Waals surface area contributed by atoms with Crippen LogP contribution in [0.2, 0.25) is 0 Å². The van der Waals surface area contributed by atoms with E-state index in [1.54, 1.807) is 0 Å². The lowest BCUT2D eigenvalue weighted by Crippen LogP contribution is -2.41. The van der Waals surface area contributed by atoms with E-state index in [-0.39, 0.29) is 12.0 Å². The van der Waals surface area contributed by atoms with Crippen LogP contribution in [0.25, 0.3) is 0 Å². The SMILES string of the molecule is CC(C)CC(CN)CC(=O)N1CCC(O)CC1. The Morgan fingerprint density at radius 3 is 2.47 bits per heavy atom. The lowest BCUT2D eigenvalue weighted by Gasteiger charge is -2.31. The average molecular weight is 242 g/mol. The zero-order chi connectivity index (χ0) is 12.8. The molecule has 1 rings (SSSR count). The van der Waals surface area contributed by atoms with Gasteiger partial charge in [-0.2, -0.15) is 0 Å². The Morgan fingerprint density at radius 2 is 2.00 bits per heavy atom. The third kappa shape index (κ3) is 5.04. The van der Waals surface area contributed by atoms with Crippen LogP contribution in [0, 0.1) is 11.8 Å². The second-order valence-corrected chi connectivity index (χ2v) is 5.55. The predicted octanol–water partition coefficient (Wildman–Crippen LogP) is 0.981. The number of carbonyl (C=O) groups is 1. The summed E-state index contributed by atoms with van der Waals surface area (Å²) in [5, 5.41) is 9.40. The first-order chi connectivity index (χ1) is 8.02. The second kappa shape index (κ2) is 6.97. The van der Waals surface area contributed by atoms with Crippen molar-refractivity contribution in [3.05, 3.63) is 0 Å². The van der Waals surface area contributed by atoms with Gasteiger partial charge in [0.25, 0.3) is 0 Å². The minimum absolute atomic E-state index is 0.202. The van der Waals surface area contributed by atoms with Crippen LogP contribution in [0.15, 0.2) is 0 Å². The van der Waals surface area contributed by atoms with E-state index in [1.165, 1.54) is 0 Å². The highest BCUT2D eigenvalue weighted by atomic mass is 16.3. The molecular formula is C13H26N2O2. The smallest absolute Gasteiger partial charge is 0.222 e. The minimum Gasteiger partial charge on any atom is -0.393 e.